The largest absolute Gasteiger partial charge is 0.455 e. The van der Waals surface area contributed by atoms with Crippen molar-refractivity contribution in [3.05, 3.63) is 205 Å². The maximum atomic E-state index is 15.9. The van der Waals surface area contributed by atoms with Crippen LogP contribution in [0.5, 0.6) is 0 Å². The second kappa shape index (κ2) is 13.9. The van der Waals surface area contributed by atoms with Gasteiger partial charge in [0.1, 0.15) is 11.2 Å². The first-order valence-corrected chi connectivity index (χ1v) is 22.2. The Balaban J connectivity index is 1.03. The third-order valence-corrected chi connectivity index (χ3v) is 15.8. The Morgan fingerprint density at radius 2 is 0.983 bits per heavy atom. The predicted molar refractivity (Wildman–Crippen MR) is 243 cm³/mol. The first-order valence-electron chi connectivity index (χ1n) is 20.5. The van der Waals surface area contributed by atoms with Gasteiger partial charge in [0.25, 0.3) is 0 Å². The molecule has 0 unspecified atom stereocenters. The van der Waals surface area contributed by atoms with E-state index in [-0.39, 0.29) is 5.41 Å². The molecule has 58 heavy (non-hydrogen) atoms. The summed E-state index contributed by atoms with van der Waals surface area (Å²) in [5.74, 6) is 0. The molecule has 0 spiro atoms. The molecule has 280 valence electrons. The average molecular weight is 768 g/mol. The van der Waals surface area contributed by atoms with E-state index in [2.05, 4.69) is 120 Å². The second-order valence-corrected chi connectivity index (χ2v) is 18.6. The molecule has 8 aromatic carbocycles. The zero-order chi connectivity index (χ0) is 38.7. The number of hydrogen-bond acceptors (Lipinski definition) is 2. The Labute approximate surface area is 338 Å². The van der Waals surface area contributed by atoms with Crippen LogP contribution >= 0.6 is 7.14 Å². The van der Waals surface area contributed by atoms with Gasteiger partial charge in [-0.3, -0.25) is 0 Å². The van der Waals surface area contributed by atoms with Gasteiger partial charge < -0.3 is 13.5 Å². The average Bonchev–Trinajstić information content (AvgIpc) is 3.85. The molecule has 1 aliphatic rings. The third kappa shape index (κ3) is 5.45. The van der Waals surface area contributed by atoms with Crippen molar-refractivity contribution in [1.82, 2.24) is 4.57 Å². The molecule has 0 bridgehead atoms. The maximum absolute atomic E-state index is 15.9. The van der Waals surface area contributed by atoms with Crippen LogP contribution in [-0.4, -0.2) is 4.57 Å². The number of benzene rings is 8. The van der Waals surface area contributed by atoms with Crippen LogP contribution in [0, 0.1) is 0 Å². The van der Waals surface area contributed by atoms with Gasteiger partial charge in [0.15, 0.2) is 7.14 Å². The van der Waals surface area contributed by atoms with Gasteiger partial charge in [0.05, 0.1) is 16.3 Å². The smallest absolute Gasteiger partial charge is 0.174 e. The van der Waals surface area contributed by atoms with Gasteiger partial charge in [-0.2, -0.15) is 0 Å². The molecule has 3 nitrogen and oxygen atoms in total. The lowest BCUT2D eigenvalue weighted by atomic mass is 9.65. The van der Waals surface area contributed by atoms with Crippen molar-refractivity contribution >= 4 is 66.8 Å². The maximum Gasteiger partial charge on any atom is 0.174 e. The van der Waals surface area contributed by atoms with Gasteiger partial charge in [-0.1, -0.05) is 171 Å². The summed E-state index contributed by atoms with van der Waals surface area (Å²) in [7, 11) is -3.35. The highest BCUT2D eigenvalue weighted by Gasteiger charge is 2.37. The van der Waals surface area contributed by atoms with E-state index in [4.69, 9.17) is 4.42 Å². The Morgan fingerprint density at radius 3 is 1.59 bits per heavy atom. The fraction of sp³-hybridized carbons (Fsp3) is 0.111. The number of hydrogen-bond donors (Lipinski definition) is 0. The number of furan rings is 1. The highest BCUT2D eigenvalue weighted by molar-refractivity contribution is 7.85. The van der Waals surface area contributed by atoms with Crippen LogP contribution in [0.2, 0.25) is 0 Å². The first kappa shape index (κ1) is 34.8. The van der Waals surface area contributed by atoms with Gasteiger partial charge in [0.2, 0.25) is 0 Å². The molecule has 2 heterocycles. The number of para-hydroxylation sites is 3. The molecule has 2 aromatic heterocycles. The van der Waals surface area contributed by atoms with E-state index in [1.165, 1.54) is 57.9 Å². The second-order valence-electron chi connectivity index (χ2n) is 15.9. The van der Waals surface area contributed by atoms with E-state index >= 15 is 4.57 Å². The highest BCUT2D eigenvalue weighted by atomic mass is 31.2. The Morgan fingerprint density at radius 1 is 0.466 bits per heavy atom. The van der Waals surface area contributed by atoms with Crippen molar-refractivity contribution in [2.24, 2.45) is 0 Å². The molecule has 4 heteroatoms. The summed E-state index contributed by atoms with van der Waals surface area (Å²) in [6.45, 7) is 0. The topological polar surface area (TPSA) is 35.1 Å². The fourth-order valence-electron chi connectivity index (χ4n) is 9.92. The monoisotopic (exact) mass is 767 g/mol. The Bertz CT molecular complexity index is 3060. The molecule has 1 fully saturated rings. The van der Waals surface area contributed by atoms with Crippen molar-refractivity contribution in [2.75, 3.05) is 0 Å². The van der Waals surface area contributed by atoms with Crippen LogP contribution < -0.4 is 15.9 Å². The summed E-state index contributed by atoms with van der Waals surface area (Å²) >= 11 is 0. The van der Waals surface area contributed by atoms with Gasteiger partial charge in [0, 0.05) is 43.3 Å². The zero-order valence-corrected chi connectivity index (χ0v) is 33.1. The molecular formula is C54H42NO2P. The zero-order valence-electron chi connectivity index (χ0n) is 32.2. The van der Waals surface area contributed by atoms with Gasteiger partial charge >= 0.3 is 0 Å². The molecule has 0 aliphatic heterocycles. The molecule has 1 aliphatic carbocycles. The quantitative estimate of drug-likeness (QED) is 0.151. The summed E-state index contributed by atoms with van der Waals surface area (Å²) in [4.78, 5) is 0. The van der Waals surface area contributed by atoms with Crippen LogP contribution in [0.4, 0.5) is 0 Å². The SMILES string of the molecule is O=P(c1ccccc1)(c1ccccc1)c1cc(-c2ccc(C3(c4ccc(-n5c6ccccc6c6ccccc65)cc4)CCCCC3)cc2)cc2c1oc1ccccc12. The molecular weight excluding hydrogens is 726 g/mol. The van der Waals surface area contributed by atoms with E-state index in [9.17, 15) is 0 Å². The van der Waals surface area contributed by atoms with Gasteiger partial charge in [-0.15, -0.1) is 0 Å². The van der Waals surface area contributed by atoms with E-state index in [0.717, 1.165) is 56.2 Å². The summed E-state index contributed by atoms with van der Waals surface area (Å²) in [5.41, 5.74) is 9.91. The van der Waals surface area contributed by atoms with Crippen LogP contribution in [0.1, 0.15) is 43.2 Å². The van der Waals surface area contributed by atoms with E-state index in [1.807, 2.05) is 78.9 Å². The van der Waals surface area contributed by atoms with Crippen molar-refractivity contribution in [1.29, 1.82) is 0 Å². The molecule has 0 saturated heterocycles. The third-order valence-electron chi connectivity index (χ3n) is 12.8. The van der Waals surface area contributed by atoms with Crippen molar-refractivity contribution < 1.29 is 8.98 Å². The number of rotatable bonds is 7. The van der Waals surface area contributed by atoms with Crippen LogP contribution in [0.15, 0.2) is 199 Å². The molecule has 10 aromatic rings. The van der Waals surface area contributed by atoms with Crippen LogP contribution in [0.3, 0.4) is 0 Å². The number of aromatic nitrogens is 1. The Kier molecular flexibility index (Phi) is 8.34. The standard InChI is InChI=1S/C54H42NO2P/c56-58(43-16-4-1-5-17-43,44-18-6-2-7-19-44)52-37-39(36-48-47-22-10-13-25-51(47)57-53(48)52)38-26-28-40(29-27-38)54(34-14-3-15-35-54)41-30-32-42(33-31-41)55-49-23-11-8-20-45(49)46-21-9-12-24-50(46)55/h1-2,4-13,16-33,36-37H,3,14-15,34-35H2. The minimum atomic E-state index is -3.35. The van der Waals surface area contributed by atoms with Crippen LogP contribution in [-0.2, 0) is 9.98 Å². The van der Waals surface area contributed by atoms with Crippen molar-refractivity contribution in [3.63, 3.8) is 0 Å². The molecule has 1 saturated carbocycles. The number of nitrogens with zero attached hydrogens (tertiary/aromatic N) is 1. The van der Waals surface area contributed by atoms with Crippen molar-refractivity contribution in [3.8, 4) is 16.8 Å². The lowest BCUT2D eigenvalue weighted by molar-refractivity contribution is 0.346. The highest BCUT2D eigenvalue weighted by Crippen LogP contribution is 2.48. The van der Waals surface area contributed by atoms with E-state index < -0.39 is 7.14 Å². The summed E-state index contributed by atoms with van der Waals surface area (Å²) in [6, 6.07) is 68.4. The molecule has 0 N–H and O–H groups in total. The minimum Gasteiger partial charge on any atom is -0.455 e. The molecule has 11 rings (SSSR count). The van der Waals surface area contributed by atoms with Gasteiger partial charge in [-0.25, -0.2) is 0 Å². The fourth-order valence-corrected chi connectivity index (χ4v) is 12.7. The van der Waals surface area contributed by atoms with Crippen molar-refractivity contribution in [2.45, 2.75) is 37.5 Å². The number of fused-ring (bicyclic) bond motifs is 6. The molecule has 0 amide bonds. The van der Waals surface area contributed by atoms with E-state index in [1.54, 1.807) is 0 Å². The predicted octanol–water partition coefficient (Wildman–Crippen LogP) is 13.2. The first-order chi connectivity index (χ1) is 28.6. The van der Waals surface area contributed by atoms with Gasteiger partial charge in [-0.05, 0) is 77.6 Å². The lowest BCUT2D eigenvalue weighted by Crippen LogP contribution is -2.30. The lowest BCUT2D eigenvalue weighted by Gasteiger charge is -2.39. The normalized spacial score (nSPS) is 14.4. The minimum absolute atomic E-state index is 0.0671. The summed E-state index contributed by atoms with van der Waals surface area (Å²) in [6.07, 6.45) is 5.92. The summed E-state index contributed by atoms with van der Waals surface area (Å²) < 4.78 is 24.9. The van der Waals surface area contributed by atoms with Crippen LogP contribution in [0.25, 0.3) is 60.6 Å². The molecule has 0 radical (unpaired) electrons. The van der Waals surface area contributed by atoms with E-state index in [0.29, 0.717) is 5.58 Å². The Hall–Kier alpha value is -6.41. The molecule has 0 atom stereocenters. The summed E-state index contributed by atoms with van der Waals surface area (Å²) in [5, 5.41) is 6.87.